The molecule has 0 aliphatic heterocycles. The quantitative estimate of drug-likeness (QED) is 0.651. The van der Waals surface area contributed by atoms with Crippen molar-refractivity contribution in [2.45, 2.75) is 38.9 Å². The van der Waals surface area contributed by atoms with Gasteiger partial charge in [-0.2, -0.15) is 11.8 Å². The van der Waals surface area contributed by atoms with E-state index in [1.54, 1.807) is 11.8 Å². The maximum Gasteiger partial charge on any atom is 0.243 e. The summed E-state index contributed by atoms with van der Waals surface area (Å²) in [5.74, 6) is 1.88. The van der Waals surface area contributed by atoms with Gasteiger partial charge in [0.1, 0.15) is 11.9 Å². The summed E-state index contributed by atoms with van der Waals surface area (Å²) in [6.45, 7) is 4.71. The van der Waals surface area contributed by atoms with E-state index >= 15 is 0 Å². The lowest BCUT2D eigenvalue weighted by Crippen LogP contribution is -2.33. The third kappa shape index (κ3) is 3.96. The predicted molar refractivity (Wildman–Crippen MR) is 108 cm³/mol. The Morgan fingerprint density at radius 2 is 1.92 bits per heavy atom. The van der Waals surface area contributed by atoms with Crippen molar-refractivity contribution < 1.29 is 4.79 Å². The fraction of sp³-hybridized carbons (Fsp3) is 0.400. The lowest BCUT2D eigenvalue weighted by Gasteiger charge is -2.19. The number of rotatable bonds is 8. The molecule has 0 radical (unpaired) electrons. The van der Waals surface area contributed by atoms with Crippen molar-refractivity contribution in [2.75, 3.05) is 12.0 Å². The number of hydrogen-bond acceptors (Lipinski definition) is 3. The standard InChI is InChI=1S/C20H26N4OS/c1-15(2)24-17-9-5-4-8-16(17)22-19(24)14-21-20(25)18(10-13-26-3)23-11-6-7-12-23/h4-9,11-12,15,18H,10,13-14H2,1-3H3,(H,21,25)/t18-/m0/s1. The lowest BCUT2D eigenvalue weighted by atomic mass is 10.2. The van der Waals surface area contributed by atoms with E-state index in [0.717, 1.165) is 29.0 Å². The van der Waals surface area contributed by atoms with E-state index in [0.29, 0.717) is 6.54 Å². The Labute approximate surface area is 158 Å². The Bertz CT molecular complexity index is 854. The highest BCUT2D eigenvalue weighted by Gasteiger charge is 2.20. The van der Waals surface area contributed by atoms with Gasteiger partial charge in [0, 0.05) is 18.4 Å². The molecule has 2 aromatic heterocycles. The van der Waals surface area contributed by atoms with Crippen LogP contribution in [-0.4, -0.2) is 32.0 Å². The second-order valence-corrected chi connectivity index (χ2v) is 7.61. The molecule has 2 heterocycles. The maximum absolute atomic E-state index is 12.8. The average molecular weight is 371 g/mol. The molecule has 0 spiro atoms. The van der Waals surface area contributed by atoms with E-state index in [9.17, 15) is 4.79 Å². The molecule has 1 amide bonds. The van der Waals surface area contributed by atoms with E-state index in [1.165, 1.54) is 0 Å². The van der Waals surface area contributed by atoms with Crippen LogP contribution in [0.1, 0.15) is 38.2 Å². The molecule has 0 unspecified atom stereocenters. The number of amides is 1. The molecule has 1 N–H and O–H groups in total. The summed E-state index contributed by atoms with van der Waals surface area (Å²) in [5.41, 5.74) is 2.07. The minimum atomic E-state index is -0.186. The van der Waals surface area contributed by atoms with Crippen LogP contribution in [0.15, 0.2) is 48.8 Å². The molecule has 0 saturated heterocycles. The molecule has 3 aromatic rings. The van der Waals surface area contributed by atoms with Gasteiger partial charge in [0.2, 0.25) is 5.91 Å². The van der Waals surface area contributed by atoms with Gasteiger partial charge in [0.15, 0.2) is 0 Å². The van der Waals surface area contributed by atoms with Crippen molar-refractivity contribution in [1.29, 1.82) is 0 Å². The molecule has 0 aliphatic carbocycles. The summed E-state index contributed by atoms with van der Waals surface area (Å²) in [7, 11) is 0. The van der Waals surface area contributed by atoms with Crippen LogP contribution < -0.4 is 5.32 Å². The summed E-state index contributed by atoms with van der Waals surface area (Å²) in [6, 6.07) is 12.1. The number of nitrogens with one attached hydrogen (secondary N) is 1. The van der Waals surface area contributed by atoms with E-state index in [1.807, 2.05) is 47.3 Å². The monoisotopic (exact) mass is 370 g/mol. The van der Waals surface area contributed by atoms with Gasteiger partial charge in [-0.05, 0) is 56.5 Å². The third-order valence-electron chi connectivity index (χ3n) is 4.49. The van der Waals surface area contributed by atoms with Crippen LogP contribution in [0.4, 0.5) is 0 Å². The first-order chi connectivity index (χ1) is 12.6. The van der Waals surface area contributed by atoms with Crippen molar-refractivity contribution >= 4 is 28.7 Å². The first-order valence-corrected chi connectivity index (χ1v) is 10.4. The Morgan fingerprint density at radius 1 is 1.19 bits per heavy atom. The normalized spacial score (nSPS) is 12.6. The molecule has 0 aliphatic rings. The molecular weight excluding hydrogens is 344 g/mol. The summed E-state index contributed by atoms with van der Waals surface area (Å²) in [5, 5.41) is 3.10. The minimum Gasteiger partial charge on any atom is -0.347 e. The molecule has 0 saturated carbocycles. The van der Waals surface area contributed by atoms with E-state index in [-0.39, 0.29) is 18.0 Å². The molecule has 138 valence electrons. The van der Waals surface area contributed by atoms with Gasteiger partial charge in [0.25, 0.3) is 0 Å². The topological polar surface area (TPSA) is 51.9 Å². The smallest absolute Gasteiger partial charge is 0.243 e. The molecule has 6 heteroatoms. The van der Waals surface area contributed by atoms with Gasteiger partial charge in [-0.15, -0.1) is 0 Å². The van der Waals surface area contributed by atoms with Gasteiger partial charge in [-0.3, -0.25) is 4.79 Å². The Balaban J connectivity index is 1.78. The van der Waals surface area contributed by atoms with Crippen molar-refractivity contribution in [3.8, 4) is 0 Å². The van der Waals surface area contributed by atoms with Crippen molar-refractivity contribution in [3.63, 3.8) is 0 Å². The van der Waals surface area contributed by atoms with Crippen molar-refractivity contribution in [3.05, 3.63) is 54.6 Å². The zero-order valence-electron chi connectivity index (χ0n) is 15.6. The van der Waals surface area contributed by atoms with Gasteiger partial charge >= 0.3 is 0 Å². The minimum absolute atomic E-state index is 0.0395. The largest absolute Gasteiger partial charge is 0.347 e. The third-order valence-corrected chi connectivity index (χ3v) is 5.14. The Hall–Kier alpha value is -2.21. The highest BCUT2D eigenvalue weighted by molar-refractivity contribution is 7.98. The molecule has 1 atom stereocenters. The molecule has 3 rings (SSSR count). The summed E-state index contributed by atoms with van der Waals surface area (Å²) in [4.78, 5) is 17.6. The lowest BCUT2D eigenvalue weighted by molar-refractivity contribution is -0.124. The fourth-order valence-corrected chi connectivity index (χ4v) is 3.74. The summed E-state index contributed by atoms with van der Waals surface area (Å²) < 4.78 is 4.18. The molecular formula is C20H26N4OS. The number of aromatic nitrogens is 3. The average Bonchev–Trinajstić information content (AvgIpc) is 3.27. The first-order valence-electron chi connectivity index (χ1n) is 8.96. The number of benzene rings is 1. The number of nitrogens with zero attached hydrogens (tertiary/aromatic N) is 3. The van der Waals surface area contributed by atoms with Crippen LogP contribution in [0.25, 0.3) is 11.0 Å². The van der Waals surface area contributed by atoms with Crippen LogP contribution >= 0.6 is 11.8 Å². The SMILES string of the molecule is CSCC[C@@H](C(=O)NCc1nc2ccccc2n1C(C)C)n1cccc1. The van der Waals surface area contributed by atoms with Crippen LogP contribution in [0.5, 0.6) is 0 Å². The molecule has 0 fully saturated rings. The van der Waals surface area contributed by atoms with Crippen molar-refractivity contribution in [2.24, 2.45) is 0 Å². The maximum atomic E-state index is 12.8. The number of para-hydroxylation sites is 2. The highest BCUT2D eigenvalue weighted by Crippen LogP contribution is 2.21. The zero-order valence-corrected chi connectivity index (χ0v) is 16.4. The van der Waals surface area contributed by atoms with Crippen molar-refractivity contribution in [1.82, 2.24) is 19.4 Å². The number of carbonyl (C=O) groups excluding carboxylic acids is 1. The number of hydrogen-bond donors (Lipinski definition) is 1. The van der Waals surface area contributed by atoms with Crippen LogP contribution in [-0.2, 0) is 11.3 Å². The second-order valence-electron chi connectivity index (χ2n) is 6.63. The fourth-order valence-electron chi connectivity index (χ4n) is 3.28. The van der Waals surface area contributed by atoms with E-state index in [4.69, 9.17) is 4.98 Å². The van der Waals surface area contributed by atoms with E-state index in [2.05, 4.69) is 36.1 Å². The van der Waals surface area contributed by atoms with Gasteiger partial charge in [-0.25, -0.2) is 4.98 Å². The number of imidazole rings is 1. The van der Waals surface area contributed by atoms with E-state index < -0.39 is 0 Å². The van der Waals surface area contributed by atoms with Crippen LogP contribution in [0.3, 0.4) is 0 Å². The molecule has 5 nitrogen and oxygen atoms in total. The van der Waals surface area contributed by atoms with Crippen LogP contribution in [0.2, 0.25) is 0 Å². The number of thioether (sulfide) groups is 1. The summed E-state index contributed by atoms with van der Waals surface area (Å²) in [6.07, 6.45) is 6.78. The van der Waals surface area contributed by atoms with Crippen LogP contribution in [0, 0.1) is 0 Å². The number of carbonyl (C=O) groups is 1. The highest BCUT2D eigenvalue weighted by atomic mass is 32.2. The second kappa shape index (κ2) is 8.45. The molecule has 1 aromatic carbocycles. The zero-order chi connectivity index (χ0) is 18.5. The number of fused-ring (bicyclic) bond motifs is 1. The summed E-state index contributed by atoms with van der Waals surface area (Å²) >= 11 is 1.76. The Kier molecular flexibility index (Phi) is 6.04. The predicted octanol–water partition coefficient (Wildman–Crippen LogP) is 4.03. The molecule has 26 heavy (non-hydrogen) atoms. The van der Waals surface area contributed by atoms with Gasteiger partial charge < -0.3 is 14.5 Å². The van der Waals surface area contributed by atoms with Gasteiger partial charge in [0.05, 0.1) is 17.6 Å². The first kappa shape index (κ1) is 18.6. The molecule has 0 bridgehead atoms. The Morgan fingerprint density at radius 3 is 2.62 bits per heavy atom. The van der Waals surface area contributed by atoms with Gasteiger partial charge in [-0.1, -0.05) is 12.1 Å².